The van der Waals surface area contributed by atoms with E-state index in [1.807, 2.05) is 72.9 Å². The number of methoxy groups -OCH3 is 2. The van der Waals surface area contributed by atoms with Crippen molar-refractivity contribution in [2.75, 3.05) is 14.2 Å². The molecular formula is C27H24N6O3. The molecule has 0 fully saturated rings. The number of carbonyl (C=O) groups excluding carboxylic acids is 1. The van der Waals surface area contributed by atoms with Crippen LogP contribution in [0.2, 0.25) is 0 Å². The van der Waals surface area contributed by atoms with Gasteiger partial charge in [0.15, 0.2) is 11.5 Å². The zero-order chi connectivity index (χ0) is 25.1. The van der Waals surface area contributed by atoms with Crippen LogP contribution < -0.4 is 14.9 Å². The molecule has 0 saturated heterocycles. The number of nitrogens with one attached hydrogen (secondary N) is 1. The number of aryl methyl sites for hydroxylation is 1. The van der Waals surface area contributed by atoms with E-state index in [0.29, 0.717) is 39.8 Å². The van der Waals surface area contributed by atoms with Gasteiger partial charge in [0.1, 0.15) is 17.0 Å². The molecule has 0 radical (unpaired) electrons. The summed E-state index contributed by atoms with van der Waals surface area (Å²) < 4.78 is 14.3. The zero-order valence-electron chi connectivity index (χ0n) is 20.0. The Morgan fingerprint density at radius 3 is 2.56 bits per heavy atom. The molecule has 180 valence electrons. The maximum absolute atomic E-state index is 12.9. The Bertz CT molecular complexity index is 1570. The van der Waals surface area contributed by atoms with E-state index in [1.165, 1.54) is 0 Å². The molecular weight excluding hydrogens is 456 g/mol. The highest BCUT2D eigenvalue weighted by molar-refractivity contribution is 5.96. The first-order valence-electron chi connectivity index (χ1n) is 11.2. The maximum Gasteiger partial charge on any atom is 0.290 e. The summed E-state index contributed by atoms with van der Waals surface area (Å²) >= 11 is 0. The number of rotatable bonds is 7. The van der Waals surface area contributed by atoms with Gasteiger partial charge in [0.2, 0.25) is 0 Å². The Kier molecular flexibility index (Phi) is 6.19. The number of amides is 1. The van der Waals surface area contributed by atoms with Crippen LogP contribution in [0.1, 0.15) is 21.7 Å². The predicted molar refractivity (Wildman–Crippen MR) is 137 cm³/mol. The third-order valence-corrected chi connectivity index (χ3v) is 5.71. The zero-order valence-corrected chi connectivity index (χ0v) is 20.0. The second-order valence-electron chi connectivity index (χ2n) is 7.96. The van der Waals surface area contributed by atoms with Crippen molar-refractivity contribution in [2.45, 2.75) is 6.92 Å². The normalized spacial score (nSPS) is 11.2. The van der Waals surface area contributed by atoms with Gasteiger partial charge < -0.3 is 9.47 Å². The Morgan fingerprint density at radius 2 is 1.78 bits per heavy atom. The molecule has 2 aromatic carbocycles. The van der Waals surface area contributed by atoms with E-state index in [9.17, 15) is 4.79 Å². The number of carbonyl (C=O) groups is 1. The first-order chi connectivity index (χ1) is 17.6. The molecule has 9 nitrogen and oxygen atoms in total. The smallest absolute Gasteiger partial charge is 0.290 e. The van der Waals surface area contributed by atoms with Gasteiger partial charge >= 0.3 is 0 Å². The highest BCUT2D eigenvalue weighted by Crippen LogP contribution is 2.33. The van der Waals surface area contributed by atoms with Crippen molar-refractivity contribution < 1.29 is 14.3 Å². The lowest BCUT2D eigenvalue weighted by atomic mass is 10.1. The predicted octanol–water partition coefficient (Wildman–Crippen LogP) is 4.28. The second kappa shape index (κ2) is 9.75. The summed E-state index contributed by atoms with van der Waals surface area (Å²) in [5.41, 5.74) is 7.46. The average Bonchev–Trinajstić information content (AvgIpc) is 3.49. The summed E-state index contributed by atoms with van der Waals surface area (Å²) in [7, 11) is 3.18. The van der Waals surface area contributed by atoms with Crippen LogP contribution in [-0.2, 0) is 0 Å². The van der Waals surface area contributed by atoms with Crippen molar-refractivity contribution in [1.29, 1.82) is 0 Å². The average molecular weight is 481 g/mol. The molecule has 0 aliphatic carbocycles. The van der Waals surface area contributed by atoms with Crippen molar-refractivity contribution in [3.63, 3.8) is 0 Å². The van der Waals surface area contributed by atoms with E-state index < -0.39 is 0 Å². The number of para-hydroxylation sites is 1. The van der Waals surface area contributed by atoms with Gasteiger partial charge in [0.25, 0.3) is 5.91 Å². The third kappa shape index (κ3) is 4.29. The van der Waals surface area contributed by atoms with Gasteiger partial charge in [-0.05, 0) is 49.4 Å². The van der Waals surface area contributed by atoms with Crippen molar-refractivity contribution in [3.05, 3.63) is 96.1 Å². The lowest BCUT2D eigenvalue weighted by Crippen LogP contribution is -2.20. The van der Waals surface area contributed by atoms with Crippen molar-refractivity contribution in [2.24, 2.45) is 5.10 Å². The van der Waals surface area contributed by atoms with E-state index in [2.05, 4.69) is 15.5 Å². The largest absolute Gasteiger partial charge is 0.493 e. The number of hydrogen-bond acceptors (Lipinski definition) is 6. The number of aromatic nitrogens is 4. The van der Waals surface area contributed by atoms with Gasteiger partial charge in [0, 0.05) is 23.5 Å². The van der Waals surface area contributed by atoms with Gasteiger partial charge in [-0.2, -0.15) is 10.2 Å². The van der Waals surface area contributed by atoms with Crippen LogP contribution in [0.3, 0.4) is 0 Å². The first kappa shape index (κ1) is 22.9. The Hall–Kier alpha value is -4.92. The number of pyridine rings is 1. The highest BCUT2D eigenvalue weighted by atomic mass is 16.5. The Labute approximate surface area is 207 Å². The van der Waals surface area contributed by atoms with Gasteiger partial charge in [-0.25, -0.2) is 15.1 Å². The quantitative estimate of drug-likeness (QED) is 0.277. The van der Waals surface area contributed by atoms with Crippen LogP contribution in [0.15, 0.2) is 84.2 Å². The van der Waals surface area contributed by atoms with E-state index in [0.717, 1.165) is 11.3 Å². The van der Waals surface area contributed by atoms with Crippen LogP contribution in [0.5, 0.6) is 11.5 Å². The molecule has 5 rings (SSSR count). The van der Waals surface area contributed by atoms with Gasteiger partial charge in [-0.1, -0.05) is 24.3 Å². The minimum atomic E-state index is -0.356. The lowest BCUT2D eigenvalue weighted by molar-refractivity contribution is 0.0948. The van der Waals surface area contributed by atoms with Gasteiger partial charge in [0.05, 0.1) is 31.8 Å². The number of ether oxygens (including phenoxy) is 2. The molecule has 9 heteroatoms. The maximum atomic E-state index is 12.9. The molecule has 3 heterocycles. The van der Waals surface area contributed by atoms with Crippen LogP contribution >= 0.6 is 0 Å². The molecule has 0 saturated carbocycles. The Morgan fingerprint density at radius 1 is 1.00 bits per heavy atom. The summed E-state index contributed by atoms with van der Waals surface area (Å²) in [4.78, 5) is 17.4. The van der Waals surface area contributed by atoms with E-state index in [4.69, 9.17) is 14.6 Å². The topological polar surface area (TPSA) is 95.0 Å². The molecule has 1 N–H and O–H groups in total. The third-order valence-electron chi connectivity index (χ3n) is 5.71. The number of benzene rings is 2. The van der Waals surface area contributed by atoms with Crippen molar-refractivity contribution in [1.82, 2.24) is 24.6 Å². The first-order valence-corrected chi connectivity index (χ1v) is 11.2. The number of imidazole rings is 1. The Balaban J connectivity index is 1.49. The molecule has 0 aliphatic rings. The molecule has 36 heavy (non-hydrogen) atoms. The van der Waals surface area contributed by atoms with Crippen LogP contribution in [-0.4, -0.2) is 45.5 Å². The van der Waals surface area contributed by atoms with Crippen LogP contribution in [0.4, 0.5) is 0 Å². The van der Waals surface area contributed by atoms with E-state index in [1.54, 1.807) is 42.6 Å². The van der Waals surface area contributed by atoms with Crippen molar-refractivity contribution >= 4 is 17.8 Å². The SMILES string of the molecule is COc1ccc(-c2nn(-c3ccccc3)cc2/C=N/NC(=O)c2c(C)nc3ccccn23)cc1OC. The summed E-state index contributed by atoms with van der Waals surface area (Å²) in [6, 6.07) is 20.9. The fourth-order valence-corrected chi connectivity index (χ4v) is 4.00. The molecule has 0 bridgehead atoms. The van der Waals surface area contributed by atoms with E-state index in [-0.39, 0.29) is 5.91 Å². The minimum absolute atomic E-state index is 0.356. The standard InChI is InChI=1S/C27H24N6O3/c1-18-26(32-14-8-7-11-24(32)29-18)27(34)30-28-16-20-17-33(21-9-5-4-6-10-21)31-25(20)19-12-13-22(35-2)23(15-19)36-3/h4-17H,1-3H3,(H,30,34)/b28-16+. The fraction of sp³-hybridized carbons (Fsp3) is 0.111. The monoisotopic (exact) mass is 480 g/mol. The molecule has 0 spiro atoms. The van der Waals surface area contributed by atoms with Gasteiger partial charge in [-0.15, -0.1) is 0 Å². The van der Waals surface area contributed by atoms with Gasteiger partial charge in [-0.3, -0.25) is 9.20 Å². The van der Waals surface area contributed by atoms with Crippen molar-refractivity contribution in [3.8, 4) is 28.4 Å². The summed E-state index contributed by atoms with van der Waals surface area (Å²) in [5, 5.41) is 9.03. The number of nitrogens with zero attached hydrogens (tertiary/aromatic N) is 5. The molecule has 0 aliphatic heterocycles. The molecule has 1 amide bonds. The fourth-order valence-electron chi connectivity index (χ4n) is 4.00. The summed E-state index contributed by atoms with van der Waals surface area (Å²) in [6.45, 7) is 1.80. The van der Waals surface area contributed by atoms with Crippen LogP contribution in [0.25, 0.3) is 22.6 Å². The molecule has 0 unspecified atom stereocenters. The lowest BCUT2D eigenvalue weighted by Gasteiger charge is -2.09. The van der Waals surface area contributed by atoms with Crippen LogP contribution in [0, 0.1) is 6.92 Å². The number of hydrogen-bond donors (Lipinski definition) is 1. The molecule has 3 aromatic heterocycles. The summed E-state index contributed by atoms with van der Waals surface area (Å²) in [5.74, 6) is 0.851. The molecule has 5 aromatic rings. The molecule has 0 atom stereocenters. The summed E-state index contributed by atoms with van der Waals surface area (Å²) in [6.07, 6.45) is 5.23. The minimum Gasteiger partial charge on any atom is -0.493 e. The van der Waals surface area contributed by atoms with E-state index >= 15 is 0 Å². The second-order valence-corrected chi connectivity index (χ2v) is 7.96. The highest BCUT2D eigenvalue weighted by Gasteiger charge is 2.17. The number of hydrazone groups is 1. The number of fused-ring (bicyclic) bond motifs is 1.